The van der Waals surface area contributed by atoms with Crippen LogP contribution in [0.3, 0.4) is 0 Å². The topological polar surface area (TPSA) is 41.8 Å². The maximum absolute atomic E-state index is 13.6. The van der Waals surface area contributed by atoms with E-state index in [1.807, 2.05) is 18.2 Å². The molecule has 2 atom stereocenters. The highest BCUT2D eigenvalue weighted by Gasteiger charge is 2.51. The number of nitrogens with zero attached hydrogens (tertiary/aromatic N) is 2. The average molecular weight is 340 g/mol. The first-order valence-electron chi connectivity index (χ1n) is 9.29. The number of carbonyl (C=O) groups excluding carboxylic acids is 1. The molecular formula is C23H20N2O. The highest BCUT2D eigenvalue weighted by molar-refractivity contribution is 6.06. The van der Waals surface area contributed by atoms with Gasteiger partial charge < -0.3 is 0 Å². The fraction of sp³-hybridized carbons (Fsp3) is 0.261. The molecule has 0 N–H and O–H groups in total. The van der Waals surface area contributed by atoms with Gasteiger partial charge in [-0.2, -0.15) is 10.2 Å². The number of carbonyl (C=O) groups is 1. The van der Waals surface area contributed by atoms with Crippen molar-refractivity contribution in [1.29, 1.82) is 0 Å². The summed E-state index contributed by atoms with van der Waals surface area (Å²) in [4.78, 5) is 13.6. The van der Waals surface area contributed by atoms with Crippen molar-refractivity contribution in [3.8, 4) is 0 Å². The van der Waals surface area contributed by atoms with Gasteiger partial charge in [-0.3, -0.25) is 4.79 Å². The summed E-state index contributed by atoms with van der Waals surface area (Å²) in [6.45, 7) is 0.585. The first kappa shape index (κ1) is 15.4. The summed E-state index contributed by atoms with van der Waals surface area (Å²) >= 11 is 0. The molecular weight excluding hydrogens is 320 g/mol. The van der Waals surface area contributed by atoms with Crippen LogP contribution in [0.5, 0.6) is 0 Å². The molecule has 2 aliphatic rings. The van der Waals surface area contributed by atoms with Crippen LogP contribution in [0.15, 0.2) is 77.0 Å². The van der Waals surface area contributed by atoms with Gasteiger partial charge in [-0.25, -0.2) is 0 Å². The zero-order valence-electron chi connectivity index (χ0n) is 14.6. The van der Waals surface area contributed by atoms with E-state index in [0.29, 0.717) is 6.54 Å². The molecule has 1 aliphatic heterocycles. The van der Waals surface area contributed by atoms with Gasteiger partial charge >= 0.3 is 0 Å². The molecule has 0 bridgehead atoms. The quantitative estimate of drug-likeness (QED) is 0.589. The van der Waals surface area contributed by atoms with Crippen molar-refractivity contribution < 1.29 is 4.79 Å². The van der Waals surface area contributed by atoms with E-state index in [4.69, 9.17) is 0 Å². The zero-order chi connectivity index (χ0) is 17.6. The van der Waals surface area contributed by atoms with Crippen molar-refractivity contribution in [2.75, 3.05) is 6.54 Å². The molecule has 3 heteroatoms. The van der Waals surface area contributed by atoms with E-state index in [0.717, 1.165) is 30.4 Å². The van der Waals surface area contributed by atoms with Crippen LogP contribution in [0, 0.1) is 0 Å². The van der Waals surface area contributed by atoms with Gasteiger partial charge in [-0.05, 0) is 41.2 Å². The molecule has 0 aromatic heterocycles. The van der Waals surface area contributed by atoms with E-state index in [1.54, 1.807) is 0 Å². The van der Waals surface area contributed by atoms with Crippen LogP contribution in [0.25, 0.3) is 10.8 Å². The normalized spacial score (nSPS) is 24.8. The second-order valence-corrected chi connectivity index (χ2v) is 7.31. The summed E-state index contributed by atoms with van der Waals surface area (Å²) in [6, 6.07) is 22.7. The van der Waals surface area contributed by atoms with Crippen LogP contribution in [0.2, 0.25) is 0 Å². The first-order chi connectivity index (χ1) is 12.8. The third kappa shape index (κ3) is 2.16. The molecule has 1 aliphatic carbocycles. The summed E-state index contributed by atoms with van der Waals surface area (Å²) < 4.78 is 0. The van der Waals surface area contributed by atoms with E-state index in [-0.39, 0.29) is 11.7 Å². The second kappa shape index (κ2) is 5.87. The summed E-state index contributed by atoms with van der Waals surface area (Å²) in [5.74, 6) is 0.150. The van der Waals surface area contributed by atoms with E-state index in [1.165, 1.54) is 16.3 Å². The molecule has 1 heterocycles. The molecule has 0 amide bonds. The SMILES string of the molecule is O=C1c2ccccc2CCC[C@]12N=NC[C@@H]2c1cccc2ccccc12. The van der Waals surface area contributed by atoms with Crippen molar-refractivity contribution in [2.24, 2.45) is 10.2 Å². The number of aryl methyl sites for hydroxylation is 1. The maximum atomic E-state index is 13.6. The van der Waals surface area contributed by atoms with Gasteiger partial charge in [0.05, 0.1) is 6.54 Å². The predicted molar refractivity (Wildman–Crippen MR) is 103 cm³/mol. The van der Waals surface area contributed by atoms with Gasteiger partial charge in [-0.1, -0.05) is 66.7 Å². The molecule has 128 valence electrons. The molecule has 0 saturated heterocycles. The Morgan fingerprint density at radius 2 is 1.73 bits per heavy atom. The zero-order valence-corrected chi connectivity index (χ0v) is 14.6. The highest BCUT2D eigenvalue weighted by Crippen LogP contribution is 2.46. The minimum Gasteiger partial charge on any atom is -0.291 e. The Morgan fingerprint density at radius 1 is 0.923 bits per heavy atom. The Morgan fingerprint density at radius 3 is 2.69 bits per heavy atom. The van der Waals surface area contributed by atoms with Crippen LogP contribution in [-0.2, 0) is 6.42 Å². The molecule has 0 radical (unpaired) electrons. The summed E-state index contributed by atoms with van der Waals surface area (Å²) in [6.07, 6.45) is 2.66. The van der Waals surface area contributed by atoms with Crippen LogP contribution in [0.4, 0.5) is 0 Å². The lowest BCUT2D eigenvalue weighted by atomic mass is 9.73. The van der Waals surface area contributed by atoms with E-state index >= 15 is 0 Å². The highest BCUT2D eigenvalue weighted by atomic mass is 16.1. The molecule has 1 spiro atoms. The number of Topliss-reactive ketones (excluding diaryl/α,β-unsaturated/α-hetero) is 1. The number of hydrogen-bond acceptors (Lipinski definition) is 3. The van der Waals surface area contributed by atoms with Crippen molar-refractivity contribution in [2.45, 2.75) is 30.7 Å². The van der Waals surface area contributed by atoms with Gasteiger partial charge in [0, 0.05) is 11.5 Å². The Bertz CT molecular complexity index is 1030. The molecule has 0 fully saturated rings. The Kier molecular flexibility index (Phi) is 3.49. The van der Waals surface area contributed by atoms with Gasteiger partial charge in [-0.15, -0.1) is 0 Å². The molecule has 3 aromatic carbocycles. The summed E-state index contributed by atoms with van der Waals surface area (Å²) in [5.41, 5.74) is 2.42. The Labute approximate surface area is 152 Å². The van der Waals surface area contributed by atoms with Gasteiger partial charge in [0.2, 0.25) is 0 Å². The largest absolute Gasteiger partial charge is 0.291 e. The van der Waals surface area contributed by atoms with Gasteiger partial charge in [0.15, 0.2) is 11.3 Å². The number of fused-ring (bicyclic) bond motifs is 2. The van der Waals surface area contributed by atoms with Crippen LogP contribution < -0.4 is 0 Å². The third-order valence-electron chi connectivity index (χ3n) is 5.95. The number of hydrogen-bond donors (Lipinski definition) is 0. The fourth-order valence-electron chi connectivity index (χ4n) is 4.66. The van der Waals surface area contributed by atoms with E-state index < -0.39 is 5.54 Å². The lowest BCUT2D eigenvalue weighted by molar-refractivity contribution is 0.0870. The number of rotatable bonds is 1. The molecule has 3 aromatic rings. The Hall–Kier alpha value is -2.81. The van der Waals surface area contributed by atoms with Crippen LogP contribution >= 0.6 is 0 Å². The van der Waals surface area contributed by atoms with Crippen molar-refractivity contribution in [3.05, 3.63) is 83.4 Å². The van der Waals surface area contributed by atoms with Crippen LogP contribution in [-0.4, -0.2) is 17.9 Å². The van der Waals surface area contributed by atoms with Crippen molar-refractivity contribution >= 4 is 16.6 Å². The lowest BCUT2D eigenvalue weighted by Crippen LogP contribution is -2.41. The standard InChI is InChI=1S/C23H20N2O/c26-22-19-12-4-2-8-17(19)10-6-14-23(22)21(15-24-25-23)20-13-5-9-16-7-1-3-11-18(16)20/h1-5,7-9,11-13,21H,6,10,14-15H2/t21-,23-/m1/s1. The minimum atomic E-state index is -0.753. The van der Waals surface area contributed by atoms with Gasteiger partial charge in [0.25, 0.3) is 0 Å². The lowest BCUT2D eigenvalue weighted by Gasteiger charge is -2.30. The number of azo groups is 1. The first-order valence-corrected chi connectivity index (χ1v) is 9.29. The van der Waals surface area contributed by atoms with Crippen molar-refractivity contribution in [1.82, 2.24) is 0 Å². The third-order valence-corrected chi connectivity index (χ3v) is 5.95. The van der Waals surface area contributed by atoms with Crippen LogP contribution in [0.1, 0.15) is 40.2 Å². The molecule has 5 rings (SSSR count). The average Bonchev–Trinajstić information content (AvgIpc) is 3.06. The minimum absolute atomic E-state index is 0.00672. The monoisotopic (exact) mass is 340 g/mol. The number of benzene rings is 3. The van der Waals surface area contributed by atoms with Gasteiger partial charge in [0.1, 0.15) is 0 Å². The van der Waals surface area contributed by atoms with E-state index in [2.05, 4.69) is 58.8 Å². The number of ketones is 1. The van der Waals surface area contributed by atoms with E-state index in [9.17, 15) is 4.79 Å². The smallest absolute Gasteiger partial charge is 0.193 e. The predicted octanol–water partition coefficient (Wildman–Crippen LogP) is 5.35. The second-order valence-electron chi connectivity index (χ2n) is 7.31. The Balaban J connectivity index is 1.68. The summed E-state index contributed by atoms with van der Waals surface area (Å²) in [5, 5.41) is 11.4. The molecule has 0 unspecified atom stereocenters. The molecule has 3 nitrogen and oxygen atoms in total. The fourth-order valence-corrected chi connectivity index (χ4v) is 4.66. The molecule has 0 saturated carbocycles. The van der Waals surface area contributed by atoms with Crippen molar-refractivity contribution in [3.63, 3.8) is 0 Å². The molecule has 26 heavy (non-hydrogen) atoms. The maximum Gasteiger partial charge on any atom is 0.193 e. The summed E-state index contributed by atoms with van der Waals surface area (Å²) in [7, 11) is 0.